The zero-order valence-electron chi connectivity index (χ0n) is 10.5. The van der Waals surface area contributed by atoms with Crippen molar-refractivity contribution in [3.05, 3.63) is 17.2 Å². The molecule has 0 atom stereocenters. The number of nitrogens with two attached hydrogens (primary N) is 1. The lowest BCUT2D eigenvalue weighted by atomic mass is 10.1. The number of nitrogen functional groups attached to an aromatic ring is 1. The van der Waals surface area contributed by atoms with Gasteiger partial charge in [0.25, 0.3) is 0 Å². The molecule has 0 aliphatic rings. The minimum atomic E-state index is -3.99. The Morgan fingerprint density at radius 2 is 1.53 bits per heavy atom. The van der Waals surface area contributed by atoms with Gasteiger partial charge in [-0.2, -0.15) is 0 Å². The molecule has 1 rings (SSSR count). The lowest BCUT2D eigenvalue weighted by molar-refractivity contribution is 0.0697. The van der Waals surface area contributed by atoms with Crippen molar-refractivity contribution in [2.75, 3.05) is 18.2 Å². The predicted molar refractivity (Wildman–Crippen MR) is 68.8 cm³/mol. The second kappa shape index (κ2) is 4.49. The first-order chi connectivity index (χ1) is 8.37. The maximum absolute atomic E-state index is 11.7. The number of carbonyl (C=O) groups is 1. The van der Waals surface area contributed by atoms with Crippen molar-refractivity contribution in [3.63, 3.8) is 0 Å². The minimum Gasteiger partial charge on any atom is -0.478 e. The van der Waals surface area contributed by atoms with Gasteiger partial charge in [0.05, 0.1) is 16.1 Å². The molecule has 0 aliphatic carbocycles. The van der Waals surface area contributed by atoms with Crippen LogP contribution in [0.15, 0.2) is 15.9 Å². The van der Waals surface area contributed by atoms with E-state index in [0.29, 0.717) is 0 Å². The predicted octanol–water partition coefficient (Wildman–Crippen LogP) is 0.0824. The lowest BCUT2D eigenvalue weighted by Crippen LogP contribution is -2.16. The third-order valence-corrected chi connectivity index (χ3v) is 4.99. The number of benzene rings is 1. The molecule has 9 heteroatoms. The van der Waals surface area contributed by atoms with Crippen LogP contribution in [0.3, 0.4) is 0 Å². The Hall–Kier alpha value is -1.61. The van der Waals surface area contributed by atoms with Gasteiger partial charge in [-0.05, 0) is 18.6 Å². The molecular formula is C10H13NO6S2. The van der Waals surface area contributed by atoms with Crippen molar-refractivity contribution < 1.29 is 26.7 Å². The Morgan fingerprint density at radius 1 is 1.11 bits per heavy atom. The van der Waals surface area contributed by atoms with Gasteiger partial charge in [-0.1, -0.05) is 0 Å². The summed E-state index contributed by atoms with van der Waals surface area (Å²) in [5.41, 5.74) is 4.53. The summed E-state index contributed by atoms with van der Waals surface area (Å²) < 4.78 is 46.8. The Labute approximate surface area is 110 Å². The number of anilines is 1. The highest BCUT2D eigenvalue weighted by molar-refractivity contribution is 7.94. The van der Waals surface area contributed by atoms with Crippen LogP contribution in [0.1, 0.15) is 15.9 Å². The van der Waals surface area contributed by atoms with Gasteiger partial charge >= 0.3 is 5.97 Å². The van der Waals surface area contributed by atoms with Gasteiger partial charge in [-0.25, -0.2) is 21.6 Å². The highest BCUT2D eigenvalue weighted by Crippen LogP contribution is 2.33. The number of carboxylic acid groups (broad SMARTS) is 1. The van der Waals surface area contributed by atoms with Crippen molar-refractivity contribution >= 4 is 31.3 Å². The van der Waals surface area contributed by atoms with Crippen molar-refractivity contribution in [3.8, 4) is 0 Å². The van der Waals surface area contributed by atoms with Gasteiger partial charge < -0.3 is 10.8 Å². The topological polar surface area (TPSA) is 132 Å². The van der Waals surface area contributed by atoms with Crippen LogP contribution in [0.2, 0.25) is 0 Å². The van der Waals surface area contributed by atoms with E-state index in [1.165, 1.54) is 6.92 Å². The van der Waals surface area contributed by atoms with Gasteiger partial charge in [0, 0.05) is 12.5 Å². The molecule has 1 aromatic rings. The summed E-state index contributed by atoms with van der Waals surface area (Å²) in [6.45, 7) is 1.32. The second-order valence-corrected chi connectivity index (χ2v) is 8.07. The summed E-state index contributed by atoms with van der Waals surface area (Å²) in [6, 6.07) is 1.04. The molecule has 0 heterocycles. The third kappa shape index (κ3) is 2.87. The molecule has 0 unspecified atom stereocenters. The quantitative estimate of drug-likeness (QED) is 0.756. The van der Waals surface area contributed by atoms with Crippen molar-refractivity contribution in [1.29, 1.82) is 0 Å². The van der Waals surface area contributed by atoms with Crippen LogP contribution in [0.5, 0.6) is 0 Å². The molecule has 7 nitrogen and oxygen atoms in total. The number of hydrogen-bond acceptors (Lipinski definition) is 6. The number of aryl methyl sites for hydroxylation is 1. The smallest absolute Gasteiger partial charge is 0.337 e. The zero-order valence-corrected chi connectivity index (χ0v) is 12.1. The highest BCUT2D eigenvalue weighted by Gasteiger charge is 2.29. The summed E-state index contributed by atoms with van der Waals surface area (Å²) in [7, 11) is -7.86. The number of rotatable bonds is 3. The summed E-state index contributed by atoms with van der Waals surface area (Å²) >= 11 is 0. The molecule has 0 aromatic heterocycles. The van der Waals surface area contributed by atoms with E-state index in [1.807, 2.05) is 0 Å². The average Bonchev–Trinajstić information content (AvgIpc) is 2.16. The fourth-order valence-corrected chi connectivity index (χ4v) is 4.80. The van der Waals surface area contributed by atoms with Crippen LogP contribution >= 0.6 is 0 Å². The van der Waals surface area contributed by atoms with Crippen LogP contribution in [0.4, 0.5) is 5.69 Å². The highest BCUT2D eigenvalue weighted by atomic mass is 32.2. The molecule has 0 fully saturated rings. The number of hydrogen-bond donors (Lipinski definition) is 2. The number of sulfone groups is 2. The third-order valence-electron chi connectivity index (χ3n) is 2.43. The Bertz CT molecular complexity index is 762. The van der Waals surface area contributed by atoms with Gasteiger partial charge in [0.1, 0.15) is 4.90 Å². The molecule has 0 aliphatic heterocycles. The normalized spacial score (nSPS) is 12.4. The SMILES string of the molecule is Cc1cc(C(=O)O)c(N)c(S(C)(=O)=O)c1S(C)(=O)=O. The van der Waals surface area contributed by atoms with Crippen LogP contribution in [-0.2, 0) is 19.7 Å². The van der Waals surface area contributed by atoms with E-state index in [-0.39, 0.29) is 5.56 Å². The minimum absolute atomic E-state index is 0.0227. The molecule has 1 aromatic carbocycles. The summed E-state index contributed by atoms with van der Waals surface area (Å²) in [4.78, 5) is 9.87. The largest absolute Gasteiger partial charge is 0.478 e. The molecule has 0 saturated heterocycles. The lowest BCUT2D eigenvalue weighted by Gasteiger charge is -2.14. The zero-order chi connectivity index (χ0) is 15.2. The molecule has 106 valence electrons. The van der Waals surface area contributed by atoms with Gasteiger partial charge in [0.15, 0.2) is 19.7 Å². The fraction of sp³-hybridized carbons (Fsp3) is 0.300. The number of aromatic carboxylic acids is 1. The Kier molecular flexibility index (Phi) is 3.65. The molecule has 0 radical (unpaired) electrons. The monoisotopic (exact) mass is 307 g/mol. The van der Waals surface area contributed by atoms with E-state index in [1.54, 1.807) is 0 Å². The van der Waals surface area contributed by atoms with Gasteiger partial charge in [-0.15, -0.1) is 0 Å². The fourth-order valence-electron chi connectivity index (χ4n) is 1.79. The van der Waals surface area contributed by atoms with E-state index in [2.05, 4.69) is 0 Å². The Morgan fingerprint density at radius 3 is 1.84 bits per heavy atom. The van der Waals surface area contributed by atoms with Crippen molar-refractivity contribution in [1.82, 2.24) is 0 Å². The van der Waals surface area contributed by atoms with Crippen LogP contribution < -0.4 is 5.73 Å². The van der Waals surface area contributed by atoms with E-state index in [9.17, 15) is 21.6 Å². The standard InChI is InChI=1S/C10H13NO6S2/c1-5-4-6(10(12)13)7(11)9(19(3,16)17)8(5)18(2,14)15/h4H,11H2,1-3H3,(H,12,13). The molecule has 0 saturated carbocycles. The summed E-state index contributed by atoms with van der Waals surface area (Å²) in [5.74, 6) is -1.43. The summed E-state index contributed by atoms with van der Waals surface area (Å²) in [5, 5.41) is 8.95. The van der Waals surface area contributed by atoms with E-state index in [0.717, 1.165) is 18.6 Å². The molecule has 0 bridgehead atoms. The van der Waals surface area contributed by atoms with Crippen LogP contribution in [0.25, 0.3) is 0 Å². The van der Waals surface area contributed by atoms with Gasteiger partial charge in [0.2, 0.25) is 0 Å². The van der Waals surface area contributed by atoms with Crippen LogP contribution in [0, 0.1) is 6.92 Å². The van der Waals surface area contributed by atoms with Crippen LogP contribution in [-0.4, -0.2) is 40.4 Å². The Balaban J connectivity index is 4.09. The molecule has 19 heavy (non-hydrogen) atoms. The maximum Gasteiger partial charge on any atom is 0.337 e. The molecule has 0 spiro atoms. The van der Waals surface area contributed by atoms with E-state index >= 15 is 0 Å². The molecule has 3 N–H and O–H groups in total. The first-order valence-electron chi connectivity index (χ1n) is 4.94. The molecule has 0 amide bonds. The molecular weight excluding hydrogens is 294 g/mol. The van der Waals surface area contributed by atoms with E-state index < -0.39 is 46.7 Å². The first kappa shape index (κ1) is 15.4. The first-order valence-corrected chi connectivity index (χ1v) is 8.72. The maximum atomic E-state index is 11.7. The van der Waals surface area contributed by atoms with E-state index in [4.69, 9.17) is 10.8 Å². The second-order valence-electron chi connectivity index (χ2n) is 4.16. The van der Waals surface area contributed by atoms with Gasteiger partial charge in [-0.3, -0.25) is 0 Å². The van der Waals surface area contributed by atoms with Crippen molar-refractivity contribution in [2.45, 2.75) is 16.7 Å². The average molecular weight is 307 g/mol. The summed E-state index contributed by atoms with van der Waals surface area (Å²) in [6.07, 6.45) is 1.61. The number of carboxylic acids is 1. The van der Waals surface area contributed by atoms with Crippen molar-refractivity contribution in [2.24, 2.45) is 0 Å².